The van der Waals surface area contributed by atoms with Gasteiger partial charge in [0.15, 0.2) is 5.41 Å². The number of carbonyl (C=O) groups excluding carboxylic acids is 2. The van der Waals surface area contributed by atoms with Crippen LogP contribution < -0.4 is 0 Å². The highest BCUT2D eigenvalue weighted by molar-refractivity contribution is 6.12. The number of hydrogen-bond donors (Lipinski definition) is 0. The topological polar surface area (TPSA) is 48.3 Å². The van der Waals surface area contributed by atoms with Crippen LogP contribution in [0.15, 0.2) is 66.9 Å². The molecule has 0 N–H and O–H groups in total. The Morgan fingerprint density at radius 1 is 1.00 bits per heavy atom. The van der Waals surface area contributed by atoms with Gasteiger partial charge < -0.3 is 4.74 Å². The molecule has 0 spiro atoms. The molecule has 0 aliphatic heterocycles. The molecule has 4 nitrogen and oxygen atoms in total. The summed E-state index contributed by atoms with van der Waals surface area (Å²) in [5.74, 6) is -0.700. The van der Waals surface area contributed by atoms with E-state index in [1.807, 2.05) is 67.6 Å². The maximum absolute atomic E-state index is 13.5. The fourth-order valence-corrected chi connectivity index (χ4v) is 3.98. The summed E-state index contributed by atoms with van der Waals surface area (Å²) in [6.07, 6.45) is 2.18. The largest absolute Gasteiger partial charge is 0.468 e. The third-order valence-corrected chi connectivity index (χ3v) is 5.56. The molecule has 0 radical (unpaired) electrons. The fraction of sp³-hybridized carbons (Fsp3) is 0.238. The molecular formula is C21H19NO3. The highest BCUT2D eigenvalue weighted by atomic mass is 16.5. The van der Waals surface area contributed by atoms with Gasteiger partial charge in [-0.05, 0) is 24.1 Å². The van der Waals surface area contributed by atoms with Crippen molar-refractivity contribution in [1.82, 2.24) is 4.57 Å². The maximum atomic E-state index is 13.5. The van der Waals surface area contributed by atoms with Crippen LogP contribution in [0.3, 0.4) is 0 Å². The monoisotopic (exact) mass is 333 g/mol. The van der Waals surface area contributed by atoms with E-state index in [4.69, 9.17) is 4.74 Å². The third-order valence-electron chi connectivity index (χ3n) is 5.56. The van der Waals surface area contributed by atoms with Gasteiger partial charge in [0.2, 0.25) is 5.91 Å². The summed E-state index contributed by atoms with van der Waals surface area (Å²) in [5, 5.41) is 0.970. The van der Waals surface area contributed by atoms with Gasteiger partial charge in [-0.3, -0.25) is 14.2 Å². The lowest BCUT2D eigenvalue weighted by molar-refractivity contribution is -0.145. The molecule has 2 unspecified atom stereocenters. The molecule has 4 rings (SSSR count). The summed E-state index contributed by atoms with van der Waals surface area (Å²) in [6.45, 7) is 1.96. The lowest BCUT2D eigenvalue weighted by Gasteiger charge is -2.21. The van der Waals surface area contributed by atoms with Gasteiger partial charge >= 0.3 is 5.97 Å². The Morgan fingerprint density at radius 3 is 2.40 bits per heavy atom. The number of rotatable bonds is 3. The number of nitrogens with zero attached hydrogens (tertiary/aromatic N) is 1. The molecule has 1 aliphatic carbocycles. The first kappa shape index (κ1) is 15.6. The Hall–Kier alpha value is -2.88. The lowest BCUT2D eigenvalue weighted by Crippen LogP contribution is -2.37. The van der Waals surface area contributed by atoms with Crippen LogP contribution in [-0.2, 0) is 14.9 Å². The molecule has 3 aromatic rings. The lowest BCUT2D eigenvalue weighted by atomic mass is 9.86. The van der Waals surface area contributed by atoms with Crippen LogP contribution in [0, 0.1) is 5.41 Å². The van der Waals surface area contributed by atoms with Crippen molar-refractivity contribution in [2.24, 2.45) is 5.41 Å². The van der Waals surface area contributed by atoms with Crippen LogP contribution in [-0.4, -0.2) is 23.6 Å². The first-order valence-electron chi connectivity index (χ1n) is 8.29. The first-order valence-corrected chi connectivity index (χ1v) is 8.29. The predicted molar refractivity (Wildman–Crippen MR) is 95.4 cm³/mol. The number of aromatic nitrogens is 1. The zero-order chi connectivity index (χ0) is 17.7. The van der Waals surface area contributed by atoms with Gasteiger partial charge in [-0.25, -0.2) is 0 Å². The van der Waals surface area contributed by atoms with Crippen LogP contribution in [0.2, 0.25) is 0 Å². The molecule has 1 fully saturated rings. The quantitative estimate of drug-likeness (QED) is 0.541. The average Bonchev–Trinajstić information content (AvgIpc) is 3.10. The molecule has 25 heavy (non-hydrogen) atoms. The van der Waals surface area contributed by atoms with Crippen LogP contribution in [0.4, 0.5) is 0 Å². The molecule has 0 amide bonds. The minimum atomic E-state index is -1.19. The van der Waals surface area contributed by atoms with E-state index in [1.165, 1.54) is 7.11 Å². The standard InChI is InChI=1S/C21H19NO3/c1-20(16-9-4-3-5-10-16)14-21(20,19(24)25-2)18(23)22-13-12-15-8-6-7-11-17(15)22/h3-13H,14H2,1-2H3. The second kappa shape index (κ2) is 5.31. The van der Waals surface area contributed by atoms with Crippen molar-refractivity contribution >= 4 is 22.8 Å². The zero-order valence-electron chi connectivity index (χ0n) is 14.2. The van der Waals surface area contributed by atoms with Crippen molar-refractivity contribution in [2.75, 3.05) is 7.11 Å². The van der Waals surface area contributed by atoms with Crippen molar-refractivity contribution in [3.63, 3.8) is 0 Å². The van der Waals surface area contributed by atoms with Gasteiger partial charge in [0, 0.05) is 17.0 Å². The number of benzene rings is 2. The Morgan fingerprint density at radius 2 is 1.68 bits per heavy atom. The maximum Gasteiger partial charge on any atom is 0.322 e. The number of methoxy groups -OCH3 is 1. The predicted octanol–water partition coefficient (Wildman–Crippen LogP) is 3.80. The van der Waals surface area contributed by atoms with Gasteiger partial charge in [0.1, 0.15) is 0 Å². The van der Waals surface area contributed by atoms with Crippen LogP contribution in [0.5, 0.6) is 0 Å². The second-order valence-electron chi connectivity index (χ2n) is 6.82. The highest BCUT2D eigenvalue weighted by Gasteiger charge is 2.75. The Bertz CT molecular complexity index is 975. The van der Waals surface area contributed by atoms with E-state index >= 15 is 0 Å². The molecule has 0 saturated heterocycles. The number of ether oxygens (including phenoxy) is 1. The van der Waals surface area contributed by atoms with Crippen LogP contribution in [0.25, 0.3) is 10.9 Å². The van der Waals surface area contributed by atoms with Crippen molar-refractivity contribution in [1.29, 1.82) is 0 Å². The van der Waals surface area contributed by atoms with Crippen molar-refractivity contribution in [3.05, 3.63) is 72.4 Å². The number of esters is 1. The summed E-state index contributed by atoms with van der Waals surface area (Å²) in [6, 6.07) is 19.3. The van der Waals surface area contributed by atoms with E-state index in [9.17, 15) is 9.59 Å². The smallest absolute Gasteiger partial charge is 0.322 e. The molecular weight excluding hydrogens is 314 g/mol. The summed E-state index contributed by atoms with van der Waals surface area (Å²) < 4.78 is 6.64. The van der Waals surface area contributed by atoms with Crippen molar-refractivity contribution in [2.45, 2.75) is 18.8 Å². The third kappa shape index (κ3) is 2.00. The molecule has 1 aliphatic rings. The summed E-state index contributed by atoms with van der Waals surface area (Å²) in [5.41, 5.74) is 0.0256. The molecule has 1 heterocycles. The van der Waals surface area contributed by atoms with Crippen LogP contribution >= 0.6 is 0 Å². The van der Waals surface area contributed by atoms with E-state index in [-0.39, 0.29) is 5.91 Å². The number of carbonyl (C=O) groups is 2. The summed E-state index contributed by atoms with van der Waals surface area (Å²) in [4.78, 5) is 26.2. The van der Waals surface area contributed by atoms with Gasteiger partial charge in [-0.1, -0.05) is 55.5 Å². The van der Waals surface area contributed by atoms with Crippen molar-refractivity contribution < 1.29 is 14.3 Å². The number of para-hydroxylation sites is 1. The van der Waals surface area contributed by atoms with E-state index in [0.29, 0.717) is 6.42 Å². The molecule has 2 aromatic carbocycles. The molecule has 1 aromatic heterocycles. The van der Waals surface area contributed by atoms with Gasteiger partial charge in [0.25, 0.3) is 0 Å². The van der Waals surface area contributed by atoms with E-state index in [0.717, 1.165) is 16.5 Å². The second-order valence-corrected chi connectivity index (χ2v) is 6.82. The Labute approximate surface area is 146 Å². The SMILES string of the molecule is COC(=O)C1(C(=O)n2ccc3ccccc32)CC1(C)c1ccccc1. The van der Waals surface area contributed by atoms with Gasteiger partial charge in [0.05, 0.1) is 12.6 Å². The minimum absolute atomic E-state index is 0.230. The summed E-state index contributed by atoms with van der Waals surface area (Å²) in [7, 11) is 1.34. The molecule has 0 bridgehead atoms. The summed E-state index contributed by atoms with van der Waals surface area (Å²) >= 11 is 0. The number of hydrogen-bond acceptors (Lipinski definition) is 3. The zero-order valence-corrected chi connectivity index (χ0v) is 14.2. The fourth-order valence-electron chi connectivity index (χ4n) is 3.98. The normalized spacial score (nSPS) is 24.9. The molecule has 4 heteroatoms. The Balaban J connectivity index is 1.85. The molecule has 126 valence electrons. The van der Waals surface area contributed by atoms with E-state index in [1.54, 1.807) is 10.8 Å². The van der Waals surface area contributed by atoms with E-state index < -0.39 is 16.8 Å². The van der Waals surface area contributed by atoms with Crippen LogP contribution in [0.1, 0.15) is 23.7 Å². The van der Waals surface area contributed by atoms with Crippen molar-refractivity contribution in [3.8, 4) is 0 Å². The Kier molecular flexibility index (Phi) is 3.32. The van der Waals surface area contributed by atoms with Gasteiger partial charge in [-0.2, -0.15) is 0 Å². The molecule has 2 atom stereocenters. The minimum Gasteiger partial charge on any atom is -0.468 e. The van der Waals surface area contributed by atoms with E-state index in [2.05, 4.69) is 0 Å². The molecule has 1 saturated carbocycles. The number of fused-ring (bicyclic) bond motifs is 1. The average molecular weight is 333 g/mol. The van der Waals surface area contributed by atoms with Gasteiger partial charge in [-0.15, -0.1) is 0 Å². The first-order chi connectivity index (χ1) is 12.0. The highest BCUT2D eigenvalue weighted by Crippen LogP contribution is 2.66.